The summed E-state index contributed by atoms with van der Waals surface area (Å²) in [6.07, 6.45) is 1.61. The van der Waals surface area contributed by atoms with Gasteiger partial charge in [-0.1, -0.05) is 5.21 Å². The number of hydrogen-bond donors (Lipinski definition) is 3. The fraction of sp³-hybridized carbons (Fsp3) is 0.111. The molecule has 0 aromatic carbocycles. The van der Waals surface area contributed by atoms with E-state index in [2.05, 4.69) is 30.7 Å². The third kappa shape index (κ3) is 1.75. The number of H-pyrrole nitrogens is 1. The molecular weight excluding hydrogens is 222 g/mol. The molecule has 0 aliphatic carbocycles. The molecule has 0 radical (unpaired) electrons. The highest BCUT2D eigenvalue weighted by Gasteiger charge is 2.09. The first kappa shape index (κ1) is 9.58. The van der Waals surface area contributed by atoms with Crippen LogP contribution in [0.2, 0.25) is 0 Å². The minimum Gasteiger partial charge on any atom is -0.467 e. The molecule has 0 atom stereocenters. The van der Waals surface area contributed by atoms with Crippen LogP contribution in [0.3, 0.4) is 0 Å². The van der Waals surface area contributed by atoms with Crippen molar-refractivity contribution in [3.63, 3.8) is 0 Å². The topological polar surface area (TPSA) is 119 Å². The van der Waals surface area contributed by atoms with E-state index < -0.39 is 0 Å². The van der Waals surface area contributed by atoms with Crippen LogP contribution >= 0.6 is 0 Å². The fourth-order valence-electron chi connectivity index (χ4n) is 1.47. The average Bonchev–Trinajstić information content (AvgIpc) is 2.95. The number of aromatic amines is 1. The summed E-state index contributed by atoms with van der Waals surface area (Å²) in [6.45, 7) is 0.491. The number of nitrogen functional groups attached to an aromatic ring is 1. The van der Waals surface area contributed by atoms with Gasteiger partial charge in [0.1, 0.15) is 5.76 Å². The molecule has 4 N–H and O–H groups in total. The van der Waals surface area contributed by atoms with E-state index in [-0.39, 0.29) is 5.95 Å². The molecule has 0 unspecified atom stereocenters. The number of nitrogens with one attached hydrogen (secondary N) is 2. The minimum atomic E-state index is 0.158. The molecule has 0 saturated carbocycles. The summed E-state index contributed by atoms with van der Waals surface area (Å²) in [6, 6.07) is 3.68. The fourth-order valence-corrected chi connectivity index (χ4v) is 1.47. The Morgan fingerprint density at radius 1 is 1.41 bits per heavy atom. The van der Waals surface area contributed by atoms with Gasteiger partial charge in [0.2, 0.25) is 5.95 Å². The maximum absolute atomic E-state index is 5.57. The van der Waals surface area contributed by atoms with Gasteiger partial charge in [0.15, 0.2) is 17.0 Å². The van der Waals surface area contributed by atoms with Crippen LogP contribution < -0.4 is 11.1 Å². The zero-order valence-electron chi connectivity index (χ0n) is 8.71. The summed E-state index contributed by atoms with van der Waals surface area (Å²) in [5.74, 6) is 1.47. The first-order valence-electron chi connectivity index (χ1n) is 4.93. The van der Waals surface area contributed by atoms with Gasteiger partial charge in [0.05, 0.1) is 12.8 Å². The molecule has 0 bridgehead atoms. The zero-order valence-corrected chi connectivity index (χ0v) is 8.71. The number of furan rings is 1. The van der Waals surface area contributed by atoms with Crippen LogP contribution in [0, 0.1) is 0 Å². The normalized spacial score (nSPS) is 10.8. The molecule has 0 aliphatic heterocycles. The number of rotatable bonds is 3. The Morgan fingerprint density at radius 2 is 2.35 bits per heavy atom. The number of aromatic nitrogens is 5. The van der Waals surface area contributed by atoms with Crippen molar-refractivity contribution in [1.29, 1.82) is 0 Å². The molecule has 3 rings (SSSR count). The molecule has 8 nitrogen and oxygen atoms in total. The van der Waals surface area contributed by atoms with Crippen molar-refractivity contribution in [2.24, 2.45) is 0 Å². The molecule has 0 saturated heterocycles. The van der Waals surface area contributed by atoms with Crippen LogP contribution in [0.15, 0.2) is 22.8 Å². The smallest absolute Gasteiger partial charge is 0.224 e. The lowest BCUT2D eigenvalue weighted by Gasteiger charge is -2.03. The number of nitrogens with zero attached hydrogens (tertiary/aromatic N) is 4. The lowest BCUT2D eigenvalue weighted by atomic mass is 10.4. The molecule has 0 fully saturated rings. The van der Waals surface area contributed by atoms with E-state index in [9.17, 15) is 0 Å². The third-order valence-corrected chi connectivity index (χ3v) is 2.22. The van der Waals surface area contributed by atoms with Crippen LogP contribution in [-0.4, -0.2) is 25.4 Å². The molecule has 0 spiro atoms. The highest BCUT2D eigenvalue weighted by molar-refractivity contribution is 5.82. The van der Waals surface area contributed by atoms with Crippen molar-refractivity contribution in [1.82, 2.24) is 25.4 Å². The van der Waals surface area contributed by atoms with Crippen LogP contribution in [0.1, 0.15) is 5.76 Å². The van der Waals surface area contributed by atoms with Crippen LogP contribution in [0.5, 0.6) is 0 Å². The SMILES string of the molecule is Nc1nc(NCc2ccco2)c2nn[nH]c2n1. The first-order valence-corrected chi connectivity index (χ1v) is 4.93. The Bertz CT molecular complexity index is 630. The molecular formula is C9H9N7O. The summed E-state index contributed by atoms with van der Waals surface area (Å²) in [4.78, 5) is 8.03. The van der Waals surface area contributed by atoms with Gasteiger partial charge in [-0.05, 0) is 12.1 Å². The van der Waals surface area contributed by atoms with E-state index >= 15 is 0 Å². The quantitative estimate of drug-likeness (QED) is 0.601. The molecule has 3 heterocycles. The van der Waals surface area contributed by atoms with E-state index in [1.165, 1.54) is 0 Å². The Morgan fingerprint density at radius 3 is 3.18 bits per heavy atom. The summed E-state index contributed by atoms with van der Waals surface area (Å²) >= 11 is 0. The van der Waals surface area contributed by atoms with E-state index in [1.807, 2.05) is 12.1 Å². The van der Waals surface area contributed by atoms with E-state index in [1.54, 1.807) is 6.26 Å². The predicted octanol–water partition coefficient (Wildman–Crippen LogP) is 0.535. The summed E-state index contributed by atoms with van der Waals surface area (Å²) in [5.41, 5.74) is 6.62. The summed E-state index contributed by atoms with van der Waals surface area (Å²) in [7, 11) is 0. The Labute approximate surface area is 95.2 Å². The predicted molar refractivity (Wildman–Crippen MR) is 59.9 cm³/mol. The highest BCUT2D eigenvalue weighted by Crippen LogP contribution is 2.17. The highest BCUT2D eigenvalue weighted by atomic mass is 16.3. The van der Waals surface area contributed by atoms with Gasteiger partial charge in [0.25, 0.3) is 0 Å². The van der Waals surface area contributed by atoms with Gasteiger partial charge in [-0.15, -0.1) is 5.10 Å². The van der Waals surface area contributed by atoms with E-state index in [0.29, 0.717) is 23.5 Å². The monoisotopic (exact) mass is 231 g/mol. The van der Waals surface area contributed by atoms with Gasteiger partial charge in [-0.25, -0.2) is 5.10 Å². The van der Waals surface area contributed by atoms with Gasteiger partial charge in [-0.2, -0.15) is 9.97 Å². The molecule has 0 amide bonds. The number of nitrogens with two attached hydrogens (primary N) is 1. The summed E-state index contributed by atoms with van der Waals surface area (Å²) in [5, 5.41) is 13.2. The molecule has 0 aliphatic rings. The van der Waals surface area contributed by atoms with Crippen LogP contribution in [-0.2, 0) is 6.54 Å². The Balaban J connectivity index is 1.91. The van der Waals surface area contributed by atoms with Crippen LogP contribution in [0.25, 0.3) is 11.2 Å². The van der Waals surface area contributed by atoms with Crippen molar-refractivity contribution < 1.29 is 4.42 Å². The Hall–Kier alpha value is -2.64. The first-order chi connectivity index (χ1) is 8.33. The second-order valence-electron chi connectivity index (χ2n) is 3.37. The van der Waals surface area contributed by atoms with Gasteiger partial charge in [-0.3, -0.25) is 0 Å². The molecule has 3 aromatic heterocycles. The molecule has 8 heteroatoms. The van der Waals surface area contributed by atoms with E-state index in [4.69, 9.17) is 10.2 Å². The lowest BCUT2D eigenvalue weighted by Crippen LogP contribution is -2.04. The third-order valence-electron chi connectivity index (χ3n) is 2.22. The Kier molecular flexibility index (Phi) is 2.11. The standard InChI is InChI=1S/C9H9N7O/c10-9-12-7(6-8(13-9)15-16-14-6)11-4-5-2-1-3-17-5/h1-3H,4H2,(H4,10,11,12,13,14,15,16). The van der Waals surface area contributed by atoms with Crippen LogP contribution in [0.4, 0.5) is 11.8 Å². The zero-order chi connectivity index (χ0) is 11.7. The van der Waals surface area contributed by atoms with Gasteiger partial charge < -0.3 is 15.5 Å². The van der Waals surface area contributed by atoms with Crippen molar-refractivity contribution in [3.8, 4) is 0 Å². The summed E-state index contributed by atoms with van der Waals surface area (Å²) < 4.78 is 5.20. The number of fused-ring (bicyclic) bond motifs is 1. The number of anilines is 2. The minimum absolute atomic E-state index is 0.158. The maximum Gasteiger partial charge on any atom is 0.224 e. The van der Waals surface area contributed by atoms with Crippen molar-refractivity contribution >= 4 is 22.9 Å². The van der Waals surface area contributed by atoms with E-state index in [0.717, 1.165) is 5.76 Å². The maximum atomic E-state index is 5.57. The largest absolute Gasteiger partial charge is 0.467 e. The lowest BCUT2D eigenvalue weighted by molar-refractivity contribution is 0.518. The molecule has 3 aromatic rings. The van der Waals surface area contributed by atoms with Crippen molar-refractivity contribution in [2.45, 2.75) is 6.54 Å². The second kappa shape index (κ2) is 3.74. The second-order valence-corrected chi connectivity index (χ2v) is 3.37. The average molecular weight is 231 g/mol. The van der Waals surface area contributed by atoms with Crippen molar-refractivity contribution in [2.75, 3.05) is 11.1 Å². The van der Waals surface area contributed by atoms with Gasteiger partial charge >= 0.3 is 0 Å². The van der Waals surface area contributed by atoms with Crippen molar-refractivity contribution in [3.05, 3.63) is 24.2 Å². The molecule has 17 heavy (non-hydrogen) atoms. The number of hydrogen-bond acceptors (Lipinski definition) is 7. The molecule has 86 valence electrons. The van der Waals surface area contributed by atoms with Gasteiger partial charge in [0, 0.05) is 0 Å².